The number of aldehydes is 1. The number of carbonyl (C=O) groups excluding carboxylic acids is 1. The van der Waals surface area contributed by atoms with Crippen LogP contribution < -0.4 is 5.56 Å². The maximum Gasteiger partial charge on any atom is 0.254 e. The summed E-state index contributed by atoms with van der Waals surface area (Å²) in [5.41, 5.74) is -0.288. The van der Waals surface area contributed by atoms with Crippen molar-refractivity contribution >= 4 is 6.29 Å². The van der Waals surface area contributed by atoms with Gasteiger partial charge >= 0.3 is 0 Å². The van der Waals surface area contributed by atoms with Crippen LogP contribution in [0.2, 0.25) is 0 Å². The number of nitrogens with one attached hydrogen (secondary N) is 1. The number of aromatic hydroxyl groups is 1. The van der Waals surface area contributed by atoms with Gasteiger partial charge in [0.2, 0.25) is 5.88 Å². The van der Waals surface area contributed by atoms with E-state index in [0.29, 0.717) is 11.9 Å². The molecule has 6 nitrogen and oxygen atoms in total. The predicted octanol–water partition coefficient (Wildman–Crippen LogP) is 0.878. The van der Waals surface area contributed by atoms with Gasteiger partial charge in [-0.2, -0.15) is 4.98 Å². The highest BCUT2D eigenvalue weighted by molar-refractivity contribution is 5.44. The van der Waals surface area contributed by atoms with Crippen LogP contribution in [0.4, 0.5) is 0 Å². The quantitative estimate of drug-likeness (QED) is 0.738. The number of aromatic amines is 1. The summed E-state index contributed by atoms with van der Waals surface area (Å²) in [5.74, 6) is 0.616. The van der Waals surface area contributed by atoms with Crippen molar-refractivity contribution in [3.8, 4) is 5.88 Å². The van der Waals surface area contributed by atoms with Crippen LogP contribution in [0.1, 0.15) is 38.4 Å². The molecular weight excluding hydrogens is 246 g/mol. The molecule has 1 saturated heterocycles. The molecule has 0 aliphatic carbocycles. The summed E-state index contributed by atoms with van der Waals surface area (Å²) in [4.78, 5) is 29.0. The summed E-state index contributed by atoms with van der Waals surface area (Å²) in [5, 5.41) is 9.30. The van der Waals surface area contributed by atoms with Gasteiger partial charge in [-0.25, -0.2) is 0 Å². The predicted molar refractivity (Wildman–Crippen MR) is 72.3 cm³/mol. The third kappa shape index (κ3) is 4.48. The number of nitrogens with zero attached hydrogens (tertiary/aromatic N) is 2. The van der Waals surface area contributed by atoms with Gasteiger partial charge in [0.15, 0.2) is 0 Å². The molecule has 2 atom stereocenters. The molecule has 0 aromatic carbocycles. The normalized spacial score (nSPS) is 23.3. The molecule has 19 heavy (non-hydrogen) atoms. The van der Waals surface area contributed by atoms with Crippen LogP contribution in [0.3, 0.4) is 0 Å². The standard InChI is InChI=1S/C11H17N3O2.C2H4O/c1-7-3-4-8(6-14(7)2)11-12-9(15)5-10(16)13-11;1-2-3/h5,7-8H,3-4,6H2,1-2H3,(H2,12,13,15,16);2H,1H3. The highest BCUT2D eigenvalue weighted by Crippen LogP contribution is 2.26. The van der Waals surface area contributed by atoms with E-state index in [0.717, 1.165) is 31.7 Å². The Kier molecular flexibility index (Phi) is 5.69. The number of hydrogen-bond acceptors (Lipinski definition) is 5. The fraction of sp³-hybridized carbons (Fsp3) is 0.615. The Balaban J connectivity index is 0.000000550. The molecule has 2 N–H and O–H groups in total. The fourth-order valence-electron chi connectivity index (χ4n) is 2.16. The van der Waals surface area contributed by atoms with Gasteiger partial charge < -0.3 is 19.8 Å². The summed E-state index contributed by atoms with van der Waals surface area (Å²) in [7, 11) is 2.07. The van der Waals surface area contributed by atoms with E-state index in [4.69, 9.17) is 4.79 Å². The molecule has 106 valence electrons. The van der Waals surface area contributed by atoms with Crippen molar-refractivity contribution in [3.63, 3.8) is 0 Å². The van der Waals surface area contributed by atoms with Crippen LogP contribution in [0.25, 0.3) is 0 Å². The largest absolute Gasteiger partial charge is 0.493 e. The summed E-state index contributed by atoms with van der Waals surface area (Å²) >= 11 is 0. The summed E-state index contributed by atoms with van der Waals surface area (Å²) in [6.45, 7) is 4.50. The monoisotopic (exact) mass is 267 g/mol. The highest BCUT2D eigenvalue weighted by atomic mass is 16.3. The van der Waals surface area contributed by atoms with Crippen LogP contribution in [0.5, 0.6) is 5.88 Å². The van der Waals surface area contributed by atoms with Crippen LogP contribution in [-0.4, -0.2) is 45.9 Å². The van der Waals surface area contributed by atoms with Gasteiger partial charge in [-0.05, 0) is 33.7 Å². The van der Waals surface area contributed by atoms with E-state index in [1.807, 2.05) is 0 Å². The average molecular weight is 267 g/mol. The van der Waals surface area contributed by atoms with Gasteiger partial charge in [-0.15, -0.1) is 0 Å². The second kappa shape index (κ2) is 7.04. The van der Waals surface area contributed by atoms with Crippen LogP contribution in [0.15, 0.2) is 10.9 Å². The van der Waals surface area contributed by atoms with E-state index in [1.54, 1.807) is 0 Å². The Labute approximate surface area is 112 Å². The van der Waals surface area contributed by atoms with Gasteiger partial charge in [0.05, 0.1) is 6.07 Å². The third-order valence-corrected chi connectivity index (χ3v) is 3.33. The summed E-state index contributed by atoms with van der Waals surface area (Å²) < 4.78 is 0. The Morgan fingerprint density at radius 3 is 2.68 bits per heavy atom. The Morgan fingerprint density at radius 2 is 2.16 bits per heavy atom. The van der Waals surface area contributed by atoms with Gasteiger partial charge in [0.1, 0.15) is 12.1 Å². The Hall–Kier alpha value is -1.69. The van der Waals surface area contributed by atoms with Crippen molar-refractivity contribution in [2.75, 3.05) is 13.6 Å². The first kappa shape index (κ1) is 15.4. The molecule has 1 aliphatic heterocycles. The number of aromatic nitrogens is 2. The van der Waals surface area contributed by atoms with E-state index in [2.05, 4.69) is 28.8 Å². The van der Waals surface area contributed by atoms with Gasteiger partial charge in [-0.3, -0.25) is 4.79 Å². The minimum absolute atomic E-state index is 0.194. The summed E-state index contributed by atoms with van der Waals surface area (Å²) in [6, 6.07) is 1.67. The van der Waals surface area contributed by atoms with E-state index in [9.17, 15) is 9.90 Å². The van der Waals surface area contributed by atoms with Crippen molar-refractivity contribution in [2.45, 2.75) is 38.6 Å². The van der Waals surface area contributed by atoms with Gasteiger partial charge in [-0.1, -0.05) is 0 Å². The maximum absolute atomic E-state index is 11.2. The number of carbonyl (C=O) groups is 1. The molecule has 1 aromatic rings. The second-order valence-electron chi connectivity index (χ2n) is 4.79. The Morgan fingerprint density at radius 1 is 1.53 bits per heavy atom. The molecule has 1 aromatic heterocycles. The van der Waals surface area contributed by atoms with Crippen molar-refractivity contribution in [1.29, 1.82) is 0 Å². The van der Waals surface area contributed by atoms with Crippen LogP contribution in [-0.2, 0) is 4.79 Å². The zero-order valence-electron chi connectivity index (χ0n) is 11.6. The van der Waals surface area contributed by atoms with Crippen molar-refractivity contribution in [1.82, 2.24) is 14.9 Å². The zero-order chi connectivity index (χ0) is 14.4. The van der Waals surface area contributed by atoms with Crippen LogP contribution >= 0.6 is 0 Å². The molecule has 1 fully saturated rings. The number of piperidine rings is 1. The number of likely N-dealkylation sites (N-methyl/N-ethyl adjacent to an activating group) is 1. The van der Waals surface area contributed by atoms with E-state index in [-0.39, 0.29) is 17.4 Å². The van der Waals surface area contributed by atoms with Crippen LogP contribution in [0, 0.1) is 0 Å². The van der Waals surface area contributed by atoms with Gasteiger partial charge in [0.25, 0.3) is 5.56 Å². The van der Waals surface area contributed by atoms with E-state index < -0.39 is 0 Å². The first-order valence-electron chi connectivity index (χ1n) is 6.38. The lowest BCUT2D eigenvalue weighted by Gasteiger charge is -2.34. The molecule has 0 saturated carbocycles. The molecular formula is C13H21N3O3. The number of H-pyrrole nitrogens is 1. The Bertz CT molecular complexity index is 472. The molecule has 0 radical (unpaired) electrons. The second-order valence-corrected chi connectivity index (χ2v) is 4.79. The number of hydrogen-bond donors (Lipinski definition) is 2. The first-order chi connectivity index (χ1) is 8.97. The molecule has 6 heteroatoms. The number of likely N-dealkylation sites (tertiary alicyclic amines) is 1. The molecule has 2 heterocycles. The molecule has 2 unspecified atom stereocenters. The molecule has 2 rings (SSSR count). The fourth-order valence-corrected chi connectivity index (χ4v) is 2.16. The molecule has 0 spiro atoms. The third-order valence-electron chi connectivity index (χ3n) is 3.33. The SMILES string of the molecule is CC1CCC(c2nc(O)cc(=O)[nH]2)CN1C.CC=O. The van der Waals surface area contributed by atoms with E-state index >= 15 is 0 Å². The lowest BCUT2D eigenvalue weighted by Crippen LogP contribution is -2.38. The average Bonchev–Trinajstić information content (AvgIpc) is 2.32. The maximum atomic E-state index is 11.2. The zero-order valence-corrected chi connectivity index (χ0v) is 11.6. The van der Waals surface area contributed by atoms with Crippen molar-refractivity contribution < 1.29 is 9.90 Å². The smallest absolute Gasteiger partial charge is 0.254 e. The highest BCUT2D eigenvalue weighted by Gasteiger charge is 2.25. The lowest BCUT2D eigenvalue weighted by atomic mass is 9.93. The number of rotatable bonds is 1. The molecule has 0 amide bonds. The summed E-state index contributed by atoms with van der Waals surface area (Å²) in [6.07, 6.45) is 2.83. The van der Waals surface area contributed by atoms with E-state index in [1.165, 1.54) is 6.92 Å². The first-order valence-corrected chi connectivity index (χ1v) is 6.38. The van der Waals surface area contributed by atoms with Gasteiger partial charge in [0, 0.05) is 18.5 Å². The topological polar surface area (TPSA) is 86.3 Å². The molecule has 1 aliphatic rings. The van der Waals surface area contributed by atoms with Crippen molar-refractivity contribution in [3.05, 3.63) is 22.2 Å². The van der Waals surface area contributed by atoms with Crippen molar-refractivity contribution in [2.24, 2.45) is 0 Å². The minimum Gasteiger partial charge on any atom is -0.493 e. The minimum atomic E-state index is -0.288. The lowest BCUT2D eigenvalue weighted by molar-refractivity contribution is -0.106. The molecule has 0 bridgehead atoms.